The minimum Gasteiger partial charge on any atom is -0.508 e. The number of carbonyl (C=O) groups is 2. The van der Waals surface area contributed by atoms with Crippen LogP contribution in [0.4, 0.5) is 5.13 Å². The van der Waals surface area contributed by atoms with Crippen LogP contribution < -0.4 is 4.90 Å². The lowest BCUT2D eigenvalue weighted by molar-refractivity contribution is -0.117. The number of aromatic hydroxyl groups is 1. The highest BCUT2D eigenvalue weighted by atomic mass is 32.1. The molecule has 4 aromatic rings. The summed E-state index contributed by atoms with van der Waals surface area (Å²) in [6.45, 7) is 3.95. The van der Waals surface area contributed by atoms with E-state index in [2.05, 4.69) is 0 Å². The van der Waals surface area contributed by atoms with E-state index >= 15 is 0 Å². The van der Waals surface area contributed by atoms with Crippen LogP contribution >= 0.6 is 11.3 Å². The number of aliphatic hydroxyl groups excluding tert-OH is 1. The fourth-order valence-electron chi connectivity index (χ4n) is 4.31. The van der Waals surface area contributed by atoms with Crippen LogP contribution in [0.5, 0.6) is 5.75 Å². The highest BCUT2D eigenvalue weighted by Crippen LogP contribution is 2.44. The number of aromatic nitrogens is 1. The predicted molar refractivity (Wildman–Crippen MR) is 138 cm³/mol. The van der Waals surface area contributed by atoms with Gasteiger partial charge in [0.25, 0.3) is 5.91 Å². The van der Waals surface area contributed by atoms with Crippen molar-refractivity contribution in [1.82, 2.24) is 4.98 Å². The molecule has 0 bridgehead atoms. The van der Waals surface area contributed by atoms with Gasteiger partial charge in [-0.1, -0.05) is 65.9 Å². The molecule has 5 rings (SSSR count). The molecule has 6 nitrogen and oxygen atoms in total. The lowest BCUT2D eigenvalue weighted by Gasteiger charge is -2.24. The second-order valence-electron chi connectivity index (χ2n) is 8.46. The van der Waals surface area contributed by atoms with Crippen LogP contribution in [0.3, 0.4) is 0 Å². The standard InChI is InChI=1S/C28H22N2O4S/c1-16-14-17(2)24-22(15-16)35-28(29-24)30-25(19-9-11-20(31)12-10-19)23(26(33)27(30)34)21(32)13-8-18-6-4-3-5-7-18/h3-15,25,31,33H,1-2H3/b13-8+. The molecule has 174 valence electrons. The van der Waals surface area contributed by atoms with Gasteiger partial charge in [-0.3, -0.25) is 14.5 Å². The Bertz CT molecular complexity index is 1520. The fourth-order valence-corrected chi connectivity index (χ4v) is 5.48. The molecule has 1 aliphatic heterocycles. The van der Waals surface area contributed by atoms with Gasteiger partial charge in [-0.2, -0.15) is 0 Å². The Kier molecular flexibility index (Phi) is 5.70. The van der Waals surface area contributed by atoms with E-state index in [-0.39, 0.29) is 11.3 Å². The van der Waals surface area contributed by atoms with Crippen molar-refractivity contribution in [3.8, 4) is 5.75 Å². The largest absolute Gasteiger partial charge is 0.508 e. The van der Waals surface area contributed by atoms with Gasteiger partial charge in [-0.05, 0) is 60.4 Å². The second-order valence-corrected chi connectivity index (χ2v) is 9.47. The Morgan fingerprint density at radius 1 is 1.03 bits per heavy atom. The predicted octanol–water partition coefficient (Wildman–Crippen LogP) is 5.80. The molecule has 2 heterocycles. The van der Waals surface area contributed by atoms with E-state index in [4.69, 9.17) is 4.98 Å². The van der Waals surface area contributed by atoms with E-state index in [1.807, 2.05) is 56.3 Å². The van der Waals surface area contributed by atoms with E-state index < -0.39 is 23.5 Å². The molecule has 0 aliphatic carbocycles. The number of thiazole rings is 1. The van der Waals surface area contributed by atoms with Gasteiger partial charge in [-0.15, -0.1) is 0 Å². The number of ketones is 1. The molecule has 0 radical (unpaired) electrons. The first kappa shape index (κ1) is 22.6. The van der Waals surface area contributed by atoms with Crippen LogP contribution in [0.2, 0.25) is 0 Å². The number of allylic oxidation sites excluding steroid dienone is 1. The third-order valence-corrected chi connectivity index (χ3v) is 6.94. The number of aryl methyl sites for hydroxylation is 2. The van der Waals surface area contributed by atoms with Crippen LogP contribution in [0.15, 0.2) is 84.1 Å². The van der Waals surface area contributed by atoms with Gasteiger partial charge in [0.1, 0.15) is 5.75 Å². The lowest BCUT2D eigenvalue weighted by Crippen LogP contribution is -2.30. The number of anilines is 1. The molecular formula is C28H22N2O4S. The SMILES string of the molecule is Cc1cc(C)c2nc(N3C(=O)C(O)=C(C(=O)/C=C/c4ccccc4)C3c3ccc(O)cc3)sc2c1. The number of hydrogen-bond donors (Lipinski definition) is 2. The number of rotatable bonds is 5. The summed E-state index contributed by atoms with van der Waals surface area (Å²) in [5.41, 5.74) is 4.20. The lowest BCUT2D eigenvalue weighted by atomic mass is 9.95. The zero-order chi connectivity index (χ0) is 24.7. The van der Waals surface area contributed by atoms with Crippen LogP contribution in [-0.4, -0.2) is 26.9 Å². The first-order chi connectivity index (χ1) is 16.8. The summed E-state index contributed by atoms with van der Waals surface area (Å²) in [5.74, 6) is -1.71. The Morgan fingerprint density at radius 2 is 1.74 bits per heavy atom. The third kappa shape index (κ3) is 4.11. The highest BCUT2D eigenvalue weighted by Gasteiger charge is 2.45. The maximum atomic E-state index is 13.3. The molecule has 1 aliphatic rings. The van der Waals surface area contributed by atoms with Crippen molar-refractivity contribution >= 4 is 44.5 Å². The van der Waals surface area contributed by atoms with Crippen LogP contribution in [0.25, 0.3) is 16.3 Å². The third-order valence-electron chi connectivity index (χ3n) is 5.93. The monoisotopic (exact) mass is 482 g/mol. The van der Waals surface area contributed by atoms with Crippen LogP contribution in [0.1, 0.15) is 28.3 Å². The van der Waals surface area contributed by atoms with E-state index in [0.29, 0.717) is 10.7 Å². The smallest absolute Gasteiger partial charge is 0.296 e. The second kappa shape index (κ2) is 8.85. The summed E-state index contributed by atoms with van der Waals surface area (Å²) < 4.78 is 0.915. The van der Waals surface area contributed by atoms with E-state index in [1.54, 1.807) is 18.2 Å². The Balaban J connectivity index is 1.62. The molecule has 35 heavy (non-hydrogen) atoms. The van der Waals surface area contributed by atoms with Crippen molar-refractivity contribution in [2.24, 2.45) is 0 Å². The fraction of sp³-hybridized carbons (Fsp3) is 0.107. The summed E-state index contributed by atoms with van der Waals surface area (Å²) in [5, 5.41) is 21.1. The number of fused-ring (bicyclic) bond motifs is 1. The molecule has 3 aromatic carbocycles. The van der Waals surface area contributed by atoms with Crippen molar-refractivity contribution in [2.45, 2.75) is 19.9 Å². The number of carbonyl (C=O) groups excluding carboxylic acids is 2. The van der Waals surface area contributed by atoms with Crippen molar-refractivity contribution in [3.63, 3.8) is 0 Å². The number of amides is 1. The van der Waals surface area contributed by atoms with Gasteiger partial charge in [0.2, 0.25) is 0 Å². The van der Waals surface area contributed by atoms with E-state index in [9.17, 15) is 19.8 Å². The van der Waals surface area contributed by atoms with Crippen molar-refractivity contribution in [3.05, 3.63) is 106 Å². The van der Waals surface area contributed by atoms with Gasteiger partial charge in [-0.25, -0.2) is 4.98 Å². The number of nitrogens with zero attached hydrogens (tertiary/aromatic N) is 2. The molecule has 7 heteroatoms. The summed E-state index contributed by atoms with van der Waals surface area (Å²) in [6.07, 6.45) is 3.00. The molecule has 1 atom stereocenters. The van der Waals surface area contributed by atoms with Crippen LogP contribution in [-0.2, 0) is 9.59 Å². The molecular weight excluding hydrogens is 460 g/mol. The normalized spacial score (nSPS) is 16.1. The number of phenols is 1. The first-order valence-electron chi connectivity index (χ1n) is 11.0. The number of phenolic OH excluding ortho intramolecular Hbond substituents is 1. The topological polar surface area (TPSA) is 90.7 Å². The summed E-state index contributed by atoms with van der Waals surface area (Å²) in [6, 6.07) is 18.7. The van der Waals surface area contributed by atoms with Crippen molar-refractivity contribution < 1.29 is 19.8 Å². The maximum absolute atomic E-state index is 13.3. The maximum Gasteiger partial charge on any atom is 0.296 e. The zero-order valence-corrected chi connectivity index (χ0v) is 19.9. The van der Waals surface area contributed by atoms with E-state index in [0.717, 1.165) is 26.9 Å². The number of benzene rings is 3. The number of aliphatic hydroxyl groups is 1. The Hall–Kier alpha value is -4.23. The molecule has 1 unspecified atom stereocenters. The van der Waals surface area contributed by atoms with Crippen molar-refractivity contribution in [1.29, 1.82) is 0 Å². The molecule has 2 N–H and O–H groups in total. The Morgan fingerprint density at radius 3 is 2.46 bits per heavy atom. The number of hydrogen-bond acceptors (Lipinski definition) is 6. The highest BCUT2D eigenvalue weighted by molar-refractivity contribution is 7.22. The summed E-state index contributed by atoms with van der Waals surface area (Å²) in [4.78, 5) is 32.7. The molecule has 0 saturated carbocycles. The summed E-state index contributed by atoms with van der Waals surface area (Å²) in [7, 11) is 0. The molecule has 1 aromatic heterocycles. The molecule has 0 fully saturated rings. The first-order valence-corrected chi connectivity index (χ1v) is 11.9. The molecule has 0 saturated heterocycles. The quantitative estimate of drug-likeness (QED) is 0.351. The van der Waals surface area contributed by atoms with Crippen LogP contribution in [0, 0.1) is 13.8 Å². The van der Waals surface area contributed by atoms with E-state index in [1.165, 1.54) is 34.4 Å². The summed E-state index contributed by atoms with van der Waals surface area (Å²) >= 11 is 1.33. The average Bonchev–Trinajstić information content (AvgIpc) is 3.37. The van der Waals surface area contributed by atoms with Gasteiger partial charge in [0.15, 0.2) is 16.7 Å². The zero-order valence-electron chi connectivity index (χ0n) is 19.1. The minimum atomic E-state index is -0.891. The van der Waals surface area contributed by atoms with Gasteiger partial charge in [0, 0.05) is 0 Å². The van der Waals surface area contributed by atoms with Gasteiger partial charge in [0.05, 0.1) is 21.8 Å². The van der Waals surface area contributed by atoms with Crippen molar-refractivity contribution in [2.75, 3.05) is 4.90 Å². The van der Waals surface area contributed by atoms with Gasteiger partial charge >= 0.3 is 0 Å². The molecule has 1 amide bonds. The molecule has 0 spiro atoms. The minimum absolute atomic E-state index is 0.0278. The Labute approximate surface area is 206 Å². The van der Waals surface area contributed by atoms with Gasteiger partial charge < -0.3 is 10.2 Å². The average molecular weight is 483 g/mol.